The van der Waals surface area contributed by atoms with Gasteiger partial charge >= 0.3 is 0 Å². The van der Waals surface area contributed by atoms with E-state index in [4.69, 9.17) is 11.6 Å². The van der Waals surface area contributed by atoms with Crippen LogP contribution >= 0.6 is 23.4 Å². The first-order valence-electron chi connectivity index (χ1n) is 11.0. The van der Waals surface area contributed by atoms with Gasteiger partial charge in [0.05, 0.1) is 17.8 Å². The highest BCUT2D eigenvalue weighted by Crippen LogP contribution is 2.42. The first-order chi connectivity index (χ1) is 17.0. The van der Waals surface area contributed by atoms with Crippen molar-refractivity contribution in [1.82, 2.24) is 5.32 Å². The van der Waals surface area contributed by atoms with Crippen LogP contribution in [0.25, 0.3) is 0 Å². The SMILES string of the molecule is O=C(NCc1ccccc1Cl)c1ccc2c(c1)N(Cc1ccccc1F)C(=O)c1ccccc1S2. The van der Waals surface area contributed by atoms with Crippen LogP contribution in [0.3, 0.4) is 0 Å². The summed E-state index contributed by atoms with van der Waals surface area (Å²) in [7, 11) is 0. The van der Waals surface area contributed by atoms with Crippen molar-refractivity contribution in [3.8, 4) is 0 Å². The summed E-state index contributed by atoms with van der Waals surface area (Å²) >= 11 is 7.66. The number of fused-ring (bicyclic) bond motifs is 2. The van der Waals surface area contributed by atoms with E-state index in [9.17, 15) is 14.0 Å². The summed E-state index contributed by atoms with van der Waals surface area (Å²) in [4.78, 5) is 29.8. The number of nitrogens with one attached hydrogen (secondary N) is 1. The van der Waals surface area contributed by atoms with Crippen molar-refractivity contribution >= 4 is 40.9 Å². The van der Waals surface area contributed by atoms with Gasteiger partial charge in [-0.15, -0.1) is 0 Å². The topological polar surface area (TPSA) is 49.4 Å². The second-order valence-corrected chi connectivity index (χ2v) is 9.53. The van der Waals surface area contributed by atoms with Crippen LogP contribution in [-0.2, 0) is 13.1 Å². The Balaban J connectivity index is 1.51. The fourth-order valence-corrected chi connectivity index (χ4v) is 5.20. The number of anilines is 1. The Kier molecular flexibility index (Phi) is 6.57. The van der Waals surface area contributed by atoms with Crippen LogP contribution in [-0.4, -0.2) is 11.8 Å². The maximum absolute atomic E-state index is 14.5. The van der Waals surface area contributed by atoms with Crippen LogP contribution in [0.5, 0.6) is 0 Å². The lowest BCUT2D eigenvalue weighted by Gasteiger charge is -2.24. The Hall–Kier alpha value is -3.61. The third-order valence-corrected chi connectivity index (χ3v) is 7.29. The predicted molar refractivity (Wildman–Crippen MR) is 137 cm³/mol. The zero-order valence-electron chi connectivity index (χ0n) is 18.5. The Morgan fingerprint density at radius 1 is 0.886 bits per heavy atom. The number of hydrogen-bond acceptors (Lipinski definition) is 3. The minimum atomic E-state index is -0.388. The van der Waals surface area contributed by atoms with Gasteiger partial charge in [0, 0.05) is 32.5 Å². The average Bonchev–Trinajstić information content (AvgIpc) is 2.99. The molecular weight excluding hydrogens is 483 g/mol. The number of carbonyl (C=O) groups excluding carboxylic acids is 2. The zero-order chi connectivity index (χ0) is 24.4. The molecule has 2 amide bonds. The first-order valence-corrected chi connectivity index (χ1v) is 12.2. The van der Waals surface area contributed by atoms with Gasteiger partial charge in [0.1, 0.15) is 5.82 Å². The van der Waals surface area contributed by atoms with Crippen molar-refractivity contribution in [2.45, 2.75) is 22.9 Å². The molecule has 1 heterocycles. The number of hydrogen-bond donors (Lipinski definition) is 1. The molecule has 0 aliphatic carbocycles. The average molecular weight is 503 g/mol. The van der Waals surface area contributed by atoms with Crippen molar-refractivity contribution in [3.63, 3.8) is 0 Å². The predicted octanol–water partition coefficient (Wildman–Crippen LogP) is 6.72. The molecule has 1 aliphatic rings. The summed E-state index contributed by atoms with van der Waals surface area (Å²) in [6.07, 6.45) is 0. The highest BCUT2D eigenvalue weighted by atomic mass is 35.5. The van der Waals surface area contributed by atoms with E-state index < -0.39 is 0 Å². The maximum Gasteiger partial charge on any atom is 0.259 e. The normalized spacial score (nSPS) is 12.5. The summed E-state index contributed by atoms with van der Waals surface area (Å²) in [6, 6.07) is 26.3. The summed E-state index contributed by atoms with van der Waals surface area (Å²) in [5.41, 5.74) is 2.69. The molecule has 4 aromatic carbocycles. The molecule has 0 bridgehead atoms. The van der Waals surface area contributed by atoms with Crippen molar-refractivity contribution < 1.29 is 14.0 Å². The molecular formula is C28H20ClFN2O2S. The van der Waals surface area contributed by atoms with Crippen molar-refractivity contribution in [2.75, 3.05) is 4.90 Å². The first kappa shape index (κ1) is 23.1. The van der Waals surface area contributed by atoms with E-state index in [1.165, 1.54) is 22.7 Å². The van der Waals surface area contributed by atoms with E-state index >= 15 is 0 Å². The van der Waals surface area contributed by atoms with E-state index in [0.29, 0.717) is 27.4 Å². The Morgan fingerprint density at radius 3 is 2.40 bits per heavy atom. The zero-order valence-corrected chi connectivity index (χ0v) is 20.1. The Morgan fingerprint density at radius 2 is 1.60 bits per heavy atom. The molecule has 0 atom stereocenters. The van der Waals surface area contributed by atoms with Gasteiger partial charge in [-0.1, -0.05) is 71.9 Å². The molecule has 174 valence electrons. The summed E-state index contributed by atoms with van der Waals surface area (Å²) in [5, 5.41) is 3.46. The van der Waals surface area contributed by atoms with E-state index in [1.54, 1.807) is 42.5 Å². The number of halogens is 2. The van der Waals surface area contributed by atoms with Gasteiger partial charge in [-0.25, -0.2) is 4.39 Å². The quantitative estimate of drug-likeness (QED) is 0.329. The number of amides is 2. The lowest BCUT2D eigenvalue weighted by Crippen LogP contribution is -2.31. The molecule has 0 saturated heterocycles. The van der Waals surface area contributed by atoms with Gasteiger partial charge in [0.15, 0.2) is 0 Å². The molecule has 4 nitrogen and oxygen atoms in total. The summed E-state index contributed by atoms with van der Waals surface area (Å²) in [6.45, 7) is 0.311. The van der Waals surface area contributed by atoms with Crippen molar-refractivity contribution in [1.29, 1.82) is 0 Å². The van der Waals surface area contributed by atoms with Gasteiger partial charge in [-0.05, 0) is 48.0 Å². The van der Waals surface area contributed by atoms with Crippen LogP contribution in [0.15, 0.2) is 101 Å². The summed E-state index contributed by atoms with van der Waals surface area (Å²) < 4.78 is 14.5. The van der Waals surface area contributed by atoms with Crippen LogP contribution < -0.4 is 10.2 Å². The van der Waals surface area contributed by atoms with Crippen molar-refractivity contribution in [3.05, 3.63) is 124 Å². The second-order valence-electron chi connectivity index (χ2n) is 8.04. The fraction of sp³-hybridized carbons (Fsp3) is 0.0714. The van der Waals surface area contributed by atoms with E-state index in [2.05, 4.69) is 5.32 Å². The van der Waals surface area contributed by atoms with Crippen LogP contribution in [0.1, 0.15) is 31.8 Å². The van der Waals surface area contributed by atoms with Gasteiger partial charge in [0.25, 0.3) is 11.8 Å². The van der Waals surface area contributed by atoms with Crippen molar-refractivity contribution in [2.24, 2.45) is 0 Å². The maximum atomic E-state index is 14.5. The van der Waals surface area contributed by atoms with E-state index in [0.717, 1.165) is 15.4 Å². The third-order valence-electron chi connectivity index (χ3n) is 5.78. The van der Waals surface area contributed by atoms with Crippen LogP contribution in [0, 0.1) is 5.82 Å². The molecule has 7 heteroatoms. The monoisotopic (exact) mass is 502 g/mol. The third kappa shape index (κ3) is 4.81. The molecule has 1 aliphatic heterocycles. The number of benzene rings is 4. The van der Waals surface area contributed by atoms with Crippen LogP contribution in [0.2, 0.25) is 5.02 Å². The molecule has 0 radical (unpaired) electrons. The molecule has 35 heavy (non-hydrogen) atoms. The van der Waals surface area contributed by atoms with E-state index in [1.807, 2.05) is 42.5 Å². The molecule has 0 saturated carbocycles. The Bertz CT molecular complexity index is 1440. The number of carbonyl (C=O) groups is 2. The molecule has 5 rings (SSSR count). The van der Waals surface area contributed by atoms with Crippen LogP contribution in [0.4, 0.5) is 10.1 Å². The van der Waals surface area contributed by atoms with Gasteiger partial charge in [-0.2, -0.15) is 0 Å². The highest BCUT2D eigenvalue weighted by molar-refractivity contribution is 7.99. The standard InChI is InChI=1S/C28H20ClFN2O2S/c29-22-10-4-1-7-19(22)16-31-27(33)18-13-14-26-24(15-18)32(17-20-8-2-5-11-23(20)30)28(34)21-9-3-6-12-25(21)35-26/h1-15H,16-17H2,(H,31,33). The molecule has 0 fully saturated rings. The fourth-order valence-electron chi connectivity index (χ4n) is 3.93. The minimum Gasteiger partial charge on any atom is -0.348 e. The molecule has 4 aromatic rings. The lowest BCUT2D eigenvalue weighted by molar-refractivity contribution is 0.0947. The van der Waals surface area contributed by atoms with Gasteiger partial charge in [-0.3, -0.25) is 9.59 Å². The van der Waals surface area contributed by atoms with Gasteiger partial charge in [0.2, 0.25) is 0 Å². The number of nitrogens with zero attached hydrogens (tertiary/aromatic N) is 1. The Labute approximate surface area is 211 Å². The molecule has 0 aromatic heterocycles. The molecule has 0 spiro atoms. The van der Waals surface area contributed by atoms with E-state index in [-0.39, 0.29) is 30.7 Å². The highest BCUT2D eigenvalue weighted by Gasteiger charge is 2.28. The minimum absolute atomic E-state index is 0.0398. The summed E-state index contributed by atoms with van der Waals surface area (Å²) in [5.74, 6) is -0.929. The second kappa shape index (κ2) is 9.94. The van der Waals surface area contributed by atoms with Gasteiger partial charge < -0.3 is 10.2 Å². The smallest absolute Gasteiger partial charge is 0.259 e. The largest absolute Gasteiger partial charge is 0.348 e. The number of rotatable bonds is 5. The molecule has 0 unspecified atom stereocenters. The lowest BCUT2D eigenvalue weighted by atomic mass is 10.1. The molecule has 1 N–H and O–H groups in total.